The number of rotatable bonds is 3. The van der Waals surface area contributed by atoms with Gasteiger partial charge in [-0.1, -0.05) is 23.7 Å². The van der Waals surface area contributed by atoms with E-state index >= 15 is 0 Å². The second-order valence-corrected chi connectivity index (χ2v) is 5.02. The van der Waals surface area contributed by atoms with Gasteiger partial charge in [0, 0.05) is 0 Å². The third kappa shape index (κ3) is 2.05. The Kier molecular flexibility index (Phi) is 3.47. The molecular weight excluding hydrogens is 231 g/mol. The normalized spacial score (nSPS) is 13.9. The molecule has 1 aromatic carbocycles. The van der Waals surface area contributed by atoms with Crippen LogP contribution in [0, 0.1) is 0 Å². The maximum absolute atomic E-state index is 12.9. The van der Waals surface area contributed by atoms with Gasteiger partial charge >= 0.3 is 0 Å². The average molecular weight is 239 g/mol. The van der Waals surface area contributed by atoms with E-state index in [1.807, 2.05) is 0 Å². The molecule has 0 aromatic heterocycles. The predicted molar refractivity (Wildman–Crippen MR) is 50.6 cm³/mol. The summed E-state index contributed by atoms with van der Waals surface area (Å²) >= 11 is 5.58. The first-order valence-corrected chi connectivity index (χ1v) is 5.66. The van der Waals surface area contributed by atoms with Crippen molar-refractivity contribution in [3.63, 3.8) is 0 Å². The second kappa shape index (κ2) is 4.25. The fraction of sp³-hybridized carbons (Fsp3) is 0.250. The largest absolute Gasteiger partial charge is 0.392 e. The molecule has 0 bridgehead atoms. The van der Waals surface area contributed by atoms with E-state index in [1.165, 1.54) is 24.3 Å². The van der Waals surface area contributed by atoms with Gasteiger partial charge in [-0.15, -0.1) is 0 Å². The molecule has 3 nitrogen and oxygen atoms in total. The van der Waals surface area contributed by atoms with E-state index in [-0.39, 0.29) is 9.92 Å². The van der Waals surface area contributed by atoms with Gasteiger partial charge in [-0.05, 0) is 12.1 Å². The molecule has 78 valence electrons. The van der Waals surface area contributed by atoms with E-state index in [2.05, 4.69) is 0 Å². The molecule has 0 saturated carbocycles. The van der Waals surface area contributed by atoms with Crippen LogP contribution in [0.15, 0.2) is 29.2 Å². The fourth-order valence-electron chi connectivity index (χ4n) is 0.911. The van der Waals surface area contributed by atoms with Crippen molar-refractivity contribution in [1.82, 2.24) is 0 Å². The van der Waals surface area contributed by atoms with Crippen molar-refractivity contribution < 1.29 is 17.9 Å². The first-order chi connectivity index (χ1) is 6.50. The average Bonchev–Trinajstić information content (AvgIpc) is 2.17. The molecular formula is C8H8ClFO3S. The van der Waals surface area contributed by atoms with E-state index in [0.717, 1.165) is 0 Å². The summed E-state index contributed by atoms with van der Waals surface area (Å²) in [7, 11) is -4.17. The summed E-state index contributed by atoms with van der Waals surface area (Å²) in [6, 6.07) is 5.51. The van der Waals surface area contributed by atoms with E-state index < -0.39 is 21.9 Å². The van der Waals surface area contributed by atoms with Crippen LogP contribution in [0.3, 0.4) is 0 Å². The van der Waals surface area contributed by atoms with Gasteiger partial charge in [-0.3, -0.25) is 0 Å². The van der Waals surface area contributed by atoms with E-state index in [9.17, 15) is 12.8 Å². The van der Waals surface area contributed by atoms with Crippen LogP contribution in [0.1, 0.15) is 0 Å². The second-order valence-electron chi connectivity index (χ2n) is 2.57. The van der Waals surface area contributed by atoms with Crippen LogP contribution in [-0.2, 0) is 9.84 Å². The molecule has 14 heavy (non-hydrogen) atoms. The Morgan fingerprint density at radius 2 is 2.00 bits per heavy atom. The SMILES string of the molecule is O=S(=O)(c1ccccc1Cl)C(F)CO. The van der Waals surface area contributed by atoms with Crippen LogP contribution in [0.5, 0.6) is 0 Å². The minimum atomic E-state index is -4.17. The zero-order chi connectivity index (χ0) is 10.8. The van der Waals surface area contributed by atoms with E-state index in [1.54, 1.807) is 0 Å². The Morgan fingerprint density at radius 3 is 2.50 bits per heavy atom. The molecule has 0 spiro atoms. The van der Waals surface area contributed by atoms with Gasteiger partial charge in [-0.2, -0.15) is 0 Å². The Labute approximate surface area is 86.0 Å². The number of hydrogen-bond donors (Lipinski definition) is 1. The van der Waals surface area contributed by atoms with Gasteiger partial charge in [0.2, 0.25) is 15.3 Å². The highest BCUT2D eigenvalue weighted by Crippen LogP contribution is 2.24. The predicted octanol–water partition coefficient (Wildman–Crippen LogP) is 1.40. The molecule has 0 fully saturated rings. The minimum absolute atomic E-state index is 0.0522. The zero-order valence-electron chi connectivity index (χ0n) is 7.02. The summed E-state index contributed by atoms with van der Waals surface area (Å²) in [5, 5.41) is 8.37. The van der Waals surface area contributed by atoms with Crippen LogP contribution in [-0.4, -0.2) is 25.6 Å². The van der Waals surface area contributed by atoms with E-state index in [0.29, 0.717) is 0 Å². The van der Waals surface area contributed by atoms with Gasteiger partial charge < -0.3 is 5.11 Å². The Hall–Kier alpha value is -0.650. The molecule has 1 rings (SSSR count). The first-order valence-electron chi connectivity index (χ1n) is 3.73. The lowest BCUT2D eigenvalue weighted by atomic mass is 10.4. The number of benzene rings is 1. The molecule has 1 N–H and O–H groups in total. The third-order valence-corrected chi connectivity index (χ3v) is 3.86. The van der Waals surface area contributed by atoms with Crippen molar-refractivity contribution in [3.05, 3.63) is 29.3 Å². The number of sulfone groups is 1. The number of halogens is 2. The third-order valence-electron chi connectivity index (χ3n) is 1.62. The number of aliphatic hydroxyl groups excluding tert-OH is 1. The fourth-order valence-corrected chi connectivity index (χ4v) is 2.45. The van der Waals surface area contributed by atoms with Gasteiger partial charge in [-0.25, -0.2) is 12.8 Å². The smallest absolute Gasteiger partial charge is 0.228 e. The summed E-state index contributed by atoms with van der Waals surface area (Å²) in [5.74, 6) is 0. The summed E-state index contributed by atoms with van der Waals surface area (Å²) in [5.41, 5.74) is -2.33. The number of hydrogen-bond acceptors (Lipinski definition) is 3. The van der Waals surface area contributed by atoms with Crippen LogP contribution < -0.4 is 0 Å². The molecule has 0 saturated heterocycles. The number of aliphatic hydroxyl groups is 1. The van der Waals surface area contributed by atoms with Crippen LogP contribution in [0.25, 0.3) is 0 Å². The molecule has 0 aliphatic carbocycles. The molecule has 0 amide bonds. The molecule has 1 unspecified atom stereocenters. The monoisotopic (exact) mass is 238 g/mol. The van der Waals surface area contributed by atoms with Crippen molar-refractivity contribution in [2.75, 3.05) is 6.61 Å². The molecule has 0 radical (unpaired) electrons. The van der Waals surface area contributed by atoms with Crippen molar-refractivity contribution in [1.29, 1.82) is 0 Å². The zero-order valence-corrected chi connectivity index (χ0v) is 8.59. The number of alkyl halides is 1. The van der Waals surface area contributed by atoms with Gasteiger partial charge in [0.05, 0.1) is 16.5 Å². The summed E-state index contributed by atoms with van der Waals surface area (Å²) in [6.45, 7) is -1.08. The summed E-state index contributed by atoms with van der Waals surface area (Å²) in [4.78, 5) is -0.303. The first kappa shape index (κ1) is 11.4. The molecule has 0 heterocycles. The highest BCUT2D eigenvalue weighted by atomic mass is 35.5. The van der Waals surface area contributed by atoms with Crippen molar-refractivity contribution in [3.8, 4) is 0 Å². The highest BCUT2D eigenvalue weighted by Gasteiger charge is 2.28. The quantitative estimate of drug-likeness (QED) is 0.866. The highest BCUT2D eigenvalue weighted by molar-refractivity contribution is 7.92. The Bertz CT molecular complexity index is 418. The van der Waals surface area contributed by atoms with E-state index in [4.69, 9.17) is 16.7 Å². The van der Waals surface area contributed by atoms with Gasteiger partial charge in [0.1, 0.15) is 0 Å². The molecule has 6 heteroatoms. The van der Waals surface area contributed by atoms with Gasteiger partial charge in [0.25, 0.3) is 0 Å². The molecule has 1 aromatic rings. The Morgan fingerprint density at radius 1 is 1.43 bits per heavy atom. The maximum atomic E-state index is 12.9. The molecule has 0 aliphatic heterocycles. The maximum Gasteiger partial charge on any atom is 0.228 e. The lowest BCUT2D eigenvalue weighted by Crippen LogP contribution is -2.20. The lowest BCUT2D eigenvalue weighted by Gasteiger charge is -2.08. The van der Waals surface area contributed by atoms with Gasteiger partial charge in [0.15, 0.2) is 0 Å². The van der Waals surface area contributed by atoms with Crippen molar-refractivity contribution in [2.45, 2.75) is 10.4 Å². The summed E-state index contributed by atoms with van der Waals surface area (Å²) in [6.07, 6.45) is 0. The Balaban J connectivity index is 3.24. The van der Waals surface area contributed by atoms with Crippen molar-refractivity contribution in [2.24, 2.45) is 0 Å². The standard InChI is InChI=1S/C8H8ClFO3S/c9-6-3-1-2-4-7(6)14(12,13)8(10)5-11/h1-4,8,11H,5H2. The summed E-state index contributed by atoms with van der Waals surface area (Å²) < 4.78 is 35.6. The topological polar surface area (TPSA) is 54.4 Å². The van der Waals surface area contributed by atoms with Crippen LogP contribution in [0.2, 0.25) is 5.02 Å². The molecule has 0 aliphatic rings. The lowest BCUT2D eigenvalue weighted by molar-refractivity contribution is 0.226. The van der Waals surface area contributed by atoms with Crippen LogP contribution >= 0.6 is 11.6 Å². The minimum Gasteiger partial charge on any atom is -0.392 e. The van der Waals surface area contributed by atoms with Crippen LogP contribution in [0.4, 0.5) is 4.39 Å². The van der Waals surface area contributed by atoms with Crippen molar-refractivity contribution >= 4 is 21.4 Å². The molecule has 1 atom stereocenters.